The number of amides is 1. The van der Waals surface area contributed by atoms with E-state index in [9.17, 15) is 4.79 Å². The minimum atomic E-state index is -0.268. The number of nitrogens with two attached hydrogens (primary N) is 1. The third-order valence-corrected chi connectivity index (χ3v) is 3.72. The van der Waals surface area contributed by atoms with Gasteiger partial charge in [0.1, 0.15) is 5.76 Å². The maximum absolute atomic E-state index is 12.2. The number of piperidine rings is 1. The summed E-state index contributed by atoms with van der Waals surface area (Å²) in [6, 6.07) is 3.52. The van der Waals surface area contributed by atoms with Gasteiger partial charge in [-0.25, -0.2) is 0 Å². The minimum Gasteiger partial charge on any atom is -0.456 e. The van der Waals surface area contributed by atoms with Gasteiger partial charge in [-0.2, -0.15) is 0 Å². The standard InChI is InChI=1S/C13H20N2O3/c1-10-3-4-11(18-10)12(16)15-7-5-13(9-14,17-2)6-8-15/h3-4H,5-9,14H2,1-2H3. The second-order valence-electron chi connectivity index (χ2n) is 4.79. The van der Waals surface area contributed by atoms with Gasteiger partial charge < -0.3 is 19.8 Å². The van der Waals surface area contributed by atoms with E-state index in [4.69, 9.17) is 14.9 Å². The molecular weight excluding hydrogens is 232 g/mol. The molecule has 0 aromatic carbocycles. The van der Waals surface area contributed by atoms with Crippen LogP contribution in [0.4, 0.5) is 0 Å². The van der Waals surface area contributed by atoms with Crippen molar-refractivity contribution in [3.05, 3.63) is 23.7 Å². The van der Waals surface area contributed by atoms with Gasteiger partial charge in [-0.3, -0.25) is 4.79 Å². The van der Waals surface area contributed by atoms with Gasteiger partial charge in [0.2, 0.25) is 0 Å². The quantitative estimate of drug-likeness (QED) is 0.876. The lowest BCUT2D eigenvalue weighted by molar-refractivity contribution is -0.0454. The zero-order chi connectivity index (χ0) is 13.2. The topological polar surface area (TPSA) is 68.7 Å². The first-order chi connectivity index (χ1) is 8.60. The highest BCUT2D eigenvalue weighted by molar-refractivity contribution is 5.91. The van der Waals surface area contributed by atoms with E-state index >= 15 is 0 Å². The summed E-state index contributed by atoms with van der Waals surface area (Å²) in [5, 5.41) is 0. The van der Waals surface area contributed by atoms with Crippen molar-refractivity contribution < 1.29 is 13.9 Å². The molecule has 5 heteroatoms. The van der Waals surface area contributed by atoms with Crippen LogP contribution < -0.4 is 5.73 Å². The average molecular weight is 252 g/mol. The van der Waals surface area contributed by atoms with Gasteiger partial charge >= 0.3 is 0 Å². The van der Waals surface area contributed by atoms with Crippen LogP contribution in [0.3, 0.4) is 0 Å². The molecule has 0 unspecified atom stereocenters. The van der Waals surface area contributed by atoms with Crippen LogP contribution in [-0.4, -0.2) is 43.2 Å². The molecule has 0 atom stereocenters. The van der Waals surface area contributed by atoms with Crippen molar-refractivity contribution in [3.8, 4) is 0 Å². The molecule has 0 spiro atoms. The van der Waals surface area contributed by atoms with E-state index < -0.39 is 0 Å². The van der Waals surface area contributed by atoms with Gasteiger partial charge in [-0.05, 0) is 31.9 Å². The van der Waals surface area contributed by atoms with Gasteiger partial charge in [0.15, 0.2) is 5.76 Å². The second kappa shape index (κ2) is 5.12. The van der Waals surface area contributed by atoms with Gasteiger partial charge in [-0.15, -0.1) is 0 Å². The number of aryl methyl sites for hydroxylation is 1. The van der Waals surface area contributed by atoms with Crippen molar-refractivity contribution in [1.29, 1.82) is 0 Å². The van der Waals surface area contributed by atoms with Crippen LogP contribution in [0.25, 0.3) is 0 Å². The summed E-state index contributed by atoms with van der Waals surface area (Å²) < 4.78 is 10.8. The van der Waals surface area contributed by atoms with Crippen LogP contribution in [0.5, 0.6) is 0 Å². The number of hydrogen-bond acceptors (Lipinski definition) is 4. The van der Waals surface area contributed by atoms with E-state index in [-0.39, 0.29) is 11.5 Å². The first kappa shape index (κ1) is 13.1. The predicted octanol–water partition coefficient (Wildman–Crippen LogP) is 1.17. The third-order valence-electron chi connectivity index (χ3n) is 3.72. The van der Waals surface area contributed by atoms with Crippen LogP contribution in [0.1, 0.15) is 29.2 Å². The Hall–Kier alpha value is -1.33. The normalized spacial score (nSPS) is 18.9. The number of likely N-dealkylation sites (tertiary alicyclic amines) is 1. The van der Waals surface area contributed by atoms with Crippen molar-refractivity contribution in [3.63, 3.8) is 0 Å². The summed E-state index contributed by atoms with van der Waals surface area (Å²) in [6.07, 6.45) is 1.54. The zero-order valence-corrected chi connectivity index (χ0v) is 10.9. The number of hydrogen-bond donors (Lipinski definition) is 1. The summed E-state index contributed by atoms with van der Waals surface area (Å²) in [5.74, 6) is 1.11. The summed E-state index contributed by atoms with van der Waals surface area (Å²) in [5.41, 5.74) is 5.47. The van der Waals surface area contributed by atoms with Crippen LogP contribution in [-0.2, 0) is 4.74 Å². The molecule has 1 amide bonds. The predicted molar refractivity (Wildman–Crippen MR) is 67.4 cm³/mol. The molecule has 0 saturated carbocycles. The monoisotopic (exact) mass is 252 g/mol. The van der Waals surface area contributed by atoms with E-state index in [1.807, 2.05) is 6.92 Å². The molecule has 2 N–H and O–H groups in total. The largest absolute Gasteiger partial charge is 0.456 e. The molecule has 18 heavy (non-hydrogen) atoms. The molecule has 2 rings (SSSR count). The Morgan fingerprint density at radius 2 is 2.17 bits per heavy atom. The first-order valence-electron chi connectivity index (χ1n) is 6.21. The highest BCUT2D eigenvalue weighted by Crippen LogP contribution is 2.25. The van der Waals surface area contributed by atoms with E-state index in [1.54, 1.807) is 24.1 Å². The molecule has 0 bridgehead atoms. The van der Waals surface area contributed by atoms with Crippen molar-refractivity contribution in [1.82, 2.24) is 4.90 Å². The fourth-order valence-electron chi connectivity index (χ4n) is 2.31. The molecule has 0 aliphatic carbocycles. The summed E-state index contributed by atoms with van der Waals surface area (Å²) in [7, 11) is 1.68. The molecule has 5 nitrogen and oxygen atoms in total. The smallest absolute Gasteiger partial charge is 0.289 e. The Bertz CT molecular complexity index is 414. The van der Waals surface area contributed by atoms with Gasteiger partial charge in [0, 0.05) is 26.7 Å². The van der Waals surface area contributed by atoms with E-state index in [0.29, 0.717) is 25.4 Å². The van der Waals surface area contributed by atoms with Crippen LogP contribution >= 0.6 is 0 Å². The molecular formula is C13H20N2O3. The molecule has 1 aliphatic heterocycles. The minimum absolute atomic E-state index is 0.0511. The summed E-state index contributed by atoms with van der Waals surface area (Å²) in [4.78, 5) is 14.0. The number of rotatable bonds is 3. The number of nitrogens with zero attached hydrogens (tertiary/aromatic N) is 1. The Morgan fingerprint density at radius 3 is 2.61 bits per heavy atom. The molecule has 1 saturated heterocycles. The zero-order valence-electron chi connectivity index (χ0n) is 10.9. The first-order valence-corrected chi connectivity index (χ1v) is 6.21. The molecule has 1 fully saturated rings. The van der Waals surface area contributed by atoms with Crippen molar-refractivity contribution in [2.75, 3.05) is 26.7 Å². The van der Waals surface area contributed by atoms with Crippen molar-refractivity contribution in [2.24, 2.45) is 5.73 Å². The van der Waals surface area contributed by atoms with Gasteiger partial charge in [0.25, 0.3) is 5.91 Å². The summed E-state index contributed by atoms with van der Waals surface area (Å²) in [6.45, 7) is 3.63. The highest BCUT2D eigenvalue weighted by Gasteiger charge is 2.35. The lowest BCUT2D eigenvalue weighted by Crippen LogP contribution is -2.51. The number of carbonyl (C=O) groups excluding carboxylic acids is 1. The second-order valence-corrected chi connectivity index (χ2v) is 4.79. The lowest BCUT2D eigenvalue weighted by atomic mass is 9.91. The summed E-state index contributed by atoms with van der Waals surface area (Å²) >= 11 is 0. The molecule has 1 aromatic rings. The molecule has 1 aromatic heterocycles. The van der Waals surface area contributed by atoms with Crippen molar-refractivity contribution in [2.45, 2.75) is 25.4 Å². The molecule has 0 radical (unpaired) electrons. The highest BCUT2D eigenvalue weighted by atomic mass is 16.5. The number of furan rings is 1. The SMILES string of the molecule is COC1(CN)CCN(C(=O)c2ccc(C)o2)CC1. The fraction of sp³-hybridized carbons (Fsp3) is 0.615. The fourth-order valence-corrected chi connectivity index (χ4v) is 2.31. The van der Waals surface area contributed by atoms with Crippen LogP contribution in [0.15, 0.2) is 16.5 Å². The third kappa shape index (κ3) is 2.42. The maximum Gasteiger partial charge on any atom is 0.289 e. The van der Waals surface area contributed by atoms with E-state index in [2.05, 4.69) is 0 Å². The lowest BCUT2D eigenvalue weighted by Gasteiger charge is -2.39. The number of carbonyl (C=O) groups is 1. The van der Waals surface area contributed by atoms with Crippen molar-refractivity contribution >= 4 is 5.91 Å². The molecule has 100 valence electrons. The van der Waals surface area contributed by atoms with E-state index in [0.717, 1.165) is 18.6 Å². The molecule has 2 heterocycles. The number of ether oxygens (including phenoxy) is 1. The van der Waals surface area contributed by atoms with E-state index in [1.165, 1.54) is 0 Å². The Kier molecular flexibility index (Phi) is 3.73. The maximum atomic E-state index is 12.2. The number of methoxy groups -OCH3 is 1. The van der Waals surface area contributed by atoms with Crippen LogP contribution in [0.2, 0.25) is 0 Å². The van der Waals surface area contributed by atoms with Gasteiger partial charge in [0.05, 0.1) is 5.60 Å². The average Bonchev–Trinajstić information content (AvgIpc) is 2.85. The van der Waals surface area contributed by atoms with Crippen LogP contribution in [0, 0.1) is 6.92 Å². The Morgan fingerprint density at radius 1 is 1.50 bits per heavy atom. The van der Waals surface area contributed by atoms with Gasteiger partial charge in [-0.1, -0.05) is 0 Å². The Labute approximate surface area is 107 Å². The Balaban J connectivity index is 1.99. The molecule has 1 aliphatic rings.